The minimum atomic E-state index is -0.324. The number of ether oxygens (including phenoxy) is 1. The molecule has 0 unspecified atom stereocenters. The first-order chi connectivity index (χ1) is 5.70. The number of ketones is 1. The maximum absolute atomic E-state index is 11.0. The van der Waals surface area contributed by atoms with Crippen LogP contribution in [0.25, 0.3) is 0 Å². The molecule has 0 aliphatic carbocycles. The van der Waals surface area contributed by atoms with Crippen molar-refractivity contribution in [3.05, 3.63) is 0 Å². The molecule has 4 nitrogen and oxygen atoms in total. The van der Waals surface area contributed by atoms with Gasteiger partial charge in [0.1, 0.15) is 0 Å². The second-order valence-electron chi connectivity index (χ2n) is 2.11. The van der Waals surface area contributed by atoms with Crippen molar-refractivity contribution in [2.75, 3.05) is 18.6 Å². The third-order valence-electron chi connectivity index (χ3n) is 1.23. The predicted octanol–water partition coefficient (Wildman–Crippen LogP) is -3.27. The van der Waals surface area contributed by atoms with Crippen molar-refractivity contribution >= 4 is 11.8 Å². The van der Waals surface area contributed by atoms with Crippen LogP contribution in [0.2, 0.25) is 0 Å². The zero-order valence-corrected chi connectivity index (χ0v) is 9.38. The summed E-state index contributed by atoms with van der Waals surface area (Å²) >= 11 is -0.0442. The van der Waals surface area contributed by atoms with E-state index in [2.05, 4.69) is 8.27 Å². The van der Waals surface area contributed by atoms with Gasteiger partial charge < -0.3 is 0 Å². The van der Waals surface area contributed by atoms with E-state index in [-0.39, 0.29) is 46.1 Å². The third-order valence-corrected chi connectivity index (χ3v) is 2.38. The van der Waals surface area contributed by atoms with Gasteiger partial charge >= 0.3 is 82.5 Å². The van der Waals surface area contributed by atoms with Crippen molar-refractivity contribution in [3.8, 4) is 0 Å². The van der Waals surface area contributed by atoms with E-state index >= 15 is 0 Å². The maximum atomic E-state index is 11.0. The summed E-state index contributed by atoms with van der Waals surface area (Å²) in [7, 11) is 1.32. The monoisotopic (exact) mass is 286 g/mol. The summed E-state index contributed by atoms with van der Waals surface area (Å²) in [5.41, 5.74) is 0. The Kier molecular flexibility index (Phi) is 7.37. The first kappa shape index (κ1) is 11.8. The van der Waals surface area contributed by atoms with E-state index in [0.717, 1.165) is 0 Å². The third kappa shape index (κ3) is 6.53. The van der Waals surface area contributed by atoms with Crippen molar-refractivity contribution in [2.45, 2.75) is 12.8 Å². The number of esters is 1. The Morgan fingerprint density at radius 2 is 2.08 bits per heavy atom. The Hall–Kier alpha value is -0.170. The van der Waals surface area contributed by atoms with Crippen LogP contribution in [0.4, 0.5) is 0 Å². The molecule has 0 fully saturated rings. The average Bonchev–Trinajstić information content (AvgIpc) is 2.10. The Morgan fingerprint density at radius 1 is 1.42 bits per heavy atom. The van der Waals surface area contributed by atoms with E-state index in [9.17, 15) is 9.59 Å². The first-order valence-corrected chi connectivity index (χ1v) is 6.74. The van der Waals surface area contributed by atoms with E-state index < -0.39 is 0 Å². The Balaban J connectivity index is 3.37. The van der Waals surface area contributed by atoms with E-state index in [1.807, 2.05) is 4.93 Å². The predicted molar refractivity (Wildman–Crippen MR) is 40.2 cm³/mol. The zero-order valence-electron chi connectivity index (χ0n) is 7.22. The van der Waals surface area contributed by atoms with E-state index in [0.29, 0.717) is 6.54 Å². The Bertz CT molecular complexity index is 161. The molecule has 0 aliphatic heterocycles. The van der Waals surface area contributed by atoms with Crippen LogP contribution in [0.3, 0.4) is 0 Å². The summed E-state index contributed by atoms with van der Waals surface area (Å²) in [5.74, 6) is -0.253. The van der Waals surface area contributed by atoms with Gasteiger partial charge in [-0.25, -0.2) is 0 Å². The molecule has 0 atom stereocenters. The van der Waals surface area contributed by atoms with Crippen LogP contribution >= 0.6 is 0 Å². The molecular weight excluding hydrogens is 273 g/mol. The fourth-order valence-corrected chi connectivity index (χ4v) is 1.38. The number of nitrogens with one attached hydrogen (secondary N) is 1. The summed E-state index contributed by atoms with van der Waals surface area (Å²) in [6.07, 6.45) is 0.475. The second kappa shape index (κ2) is 7.48. The Morgan fingerprint density at radius 3 is 2.58 bits per heavy atom. The topological polar surface area (TPSA) is 55.4 Å². The van der Waals surface area contributed by atoms with Crippen molar-refractivity contribution in [3.63, 3.8) is 0 Å². The molecule has 0 spiro atoms. The standard InChI is InChI=1S/C7H13INO3/c1-8-9-5-6(10)3-4-7(11)12-2/h9H,3-5H2,1-2H3/q-1. The molecular formula is C7H13INO3-. The van der Waals surface area contributed by atoms with Gasteiger partial charge in [0.05, 0.1) is 0 Å². The number of methoxy groups -OCH3 is 1. The van der Waals surface area contributed by atoms with Gasteiger partial charge in [0.15, 0.2) is 0 Å². The Labute approximate surface area is 82.7 Å². The molecule has 0 bridgehead atoms. The number of alkyl halides is 1. The molecule has 5 heteroatoms. The van der Waals surface area contributed by atoms with Crippen LogP contribution < -0.4 is 25.0 Å². The van der Waals surface area contributed by atoms with Gasteiger partial charge in [0, 0.05) is 0 Å². The summed E-state index contributed by atoms with van der Waals surface area (Å²) in [6, 6.07) is 0. The molecule has 12 heavy (non-hydrogen) atoms. The SMILES string of the molecule is COC(=O)CCC(=O)CN[I-]C. The quantitative estimate of drug-likeness (QED) is 0.241. The van der Waals surface area contributed by atoms with Gasteiger partial charge in [-0.1, -0.05) is 0 Å². The zero-order chi connectivity index (χ0) is 9.40. The molecule has 0 saturated carbocycles. The van der Waals surface area contributed by atoms with Crippen molar-refractivity contribution in [1.29, 1.82) is 0 Å². The van der Waals surface area contributed by atoms with Crippen LogP contribution in [-0.4, -0.2) is 30.3 Å². The molecule has 0 amide bonds. The fourth-order valence-electron chi connectivity index (χ4n) is 0.573. The van der Waals surface area contributed by atoms with Gasteiger partial charge in [0.25, 0.3) is 0 Å². The molecule has 0 aromatic heterocycles. The van der Waals surface area contributed by atoms with E-state index in [1.165, 1.54) is 7.11 Å². The molecule has 0 saturated heterocycles. The molecule has 0 aromatic carbocycles. The molecule has 0 rings (SSSR count). The summed E-state index contributed by atoms with van der Waals surface area (Å²) in [4.78, 5) is 23.6. The number of carbonyl (C=O) groups excluding carboxylic acids is 2. The molecule has 0 heterocycles. The van der Waals surface area contributed by atoms with Crippen LogP contribution in [0, 0.1) is 0 Å². The summed E-state index contributed by atoms with van der Waals surface area (Å²) < 4.78 is 7.40. The number of hydrogen-bond donors (Lipinski definition) is 1. The minimum absolute atomic E-state index is 0.0442. The number of rotatable bonds is 6. The molecule has 0 aliphatic rings. The second-order valence-corrected chi connectivity index (χ2v) is 3.96. The van der Waals surface area contributed by atoms with E-state index in [1.54, 1.807) is 0 Å². The van der Waals surface area contributed by atoms with Crippen LogP contribution in [0.5, 0.6) is 0 Å². The van der Waals surface area contributed by atoms with Gasteiger partial charge in [-0.3, -0.25) is 0 Å². The average molecular weight is 286 g/mol. The normalized spacial score (nSPS) is 9.83. The van der Waals surface area contributed by atoms with Gasteiger partial charge in [-0.05, 0) is 0 Å². The van der Waals surface area contributed by atoms with Gasteiger partial charge in [0.2, 0.25) is 0 Å². The van der Waals surface area contributed by atoms with Crippen molar-refractivity contribution < 1.29 is 35.8 Å². The van der Waals surface area contributed by atoms with Crippen LogP contribution in [-0.2, 0) is 14.3 Å². The number of hydrogen-bond acceptors (Lipinski definition) is 4. The number of Topliss-reactive ketones (excluding diaryl/α,β-unsaturated/α-hetero) is 1. The molecule has 0 aromatic rings. The fraction of sp³-hybridized carbons (Fsp3) is 0.714. The van der Waals surface area contributed by atoms with Gasteiger partial charge in [-0.15, -0.1) is 0 Å². The van der Waals surface area contributed by atoms with Crippen molar-refractivity contribution in [1.82, 2.24) is 3.53 Å². The molecule has 1 N–H and O–H groups in total. The summed E-state index contributed by atoms with van der Waals surface area (Å²) in [6.45, 7) is 0.390. The van der Waals surface area contributed by atoms with Crippen LogP contribution in [0.15, 0.2) is 0 Å². The van der Waals surface area contributed by atoms with Gasteiger partial charge in [-0.2, -0.15) is 0 Å². The molecule has 0 radical (unpaired) electrons. The first-order valence-electron chi connectivity index (χ1n) is 3.50. The number of carbonyl (C=O) groups is 2. The number of halogens is 1. The van der Waals surface area contributed by atoms with Crippen molar-refractivity contribution in [2.24, 2.45) is 0 Å². The van der Waals surface area contributed by atoms with Crippen LogP contribution in [0.1, 0.15) is 12.8 Å². The van der Waals surface area contributed by atoms with E-state index in [4.69, 9.17) is 0 Å². The molecule has 72 valence electrons. The summed E-state index contributed by atoms with van der Waals surface area (Å²) in [5, 5.41) is 0.